The molecule has 0 radical (unpaired) electrons. The van der Waals surface area contributed by atoms with Gasteiger partial charge in [-0.25, -0.2) is 18.7 Å². The van der Waals surface area contributed by atoms with E-state index in [9.17, 15) is 14.0 Å². The van der Waals surface area contributed by atoms with Gasteiger partial charge in [-0.05, 0) is 87.1 Å². The van der Waals surface area contributed by atoms with E-state index in [-0.39, 0.29) is 30.0 Å². The summed E-state index contributed by atoms with van der Waals surface area (Å²) in [6.45, 7) is 2.04. The molecule has 2 amide bonds. The van der Waals surface area contributed by atoms with Gasteiger partial charge in [-0.1, -0.05) is 18.2 Å². The molecular weight excluding hydrogens is 626 g/mol. The van der Waals surface area contributed by atoms with E-state index >= 15 is 4.39 Å². The Balaban J connectivity index is 0.988. The molecule has 0 bridgehead atoms. The molecule has 0 aliphatic carbocycles. The molecule has 0 saturated carbocycles. The van der Waals surface area contributed by atoms with Crippen LogP contribution >= 0.6 is 0 Å². The molecule has 10 nitrogen and oxygen atoms in total. The number of likely N-dealkylation sites (N-methyl/N-ethyl adjacent to an activating group) is 1. The summed E-state index contributed by atoms with van der Waals surface area (Å²) in [5.74, 6) is -0.386. The molecule has 1 atom stereocenters. The number of aromatic amines is 1. The zero-order valence-electron chi connectivity index (χ0n) is 27.3. The fourth-order valence-electron chi connectivity index (χ4n) is 6.72. The lowest BCUT2D eigenvalue weighted by Crippen LogP contribution is -2.56. The van der Waals surface area contributed by atoms with Crippen LogP contribution in [0.2, 0.25) is 0 Å². The van der Waals surface area contributed by atoms with E-state index in [2.05, 4.69) is 25.5 Å². The van der Waals surface area contributed by atoms with Gasteiger partial charge in [0.2, 0.25) is 11.8 Å². The van der Waals surface area contributed by atoms with E-state index in [4.69, 9.17) is 0 Å². The highest BCUT2D eigenvalue weighted by Crippen LogP contribution is 2.32. The minimum absolute atomic E-state index is 0.0268. The zero-order valence-corrected chi connectivity index (χ0v) is 27.3. The van der Waals surface area contributed by atoms with Crippen molar-refractivity contribution in [3.05, 3.63) is 102 Å². The third-order valence-electron chi connectivity index (χ3n) is 9.60. The van der Waals surface area contributed by atoms with Gasteiger partial charge in [0.1, 0.15) is 17.2 Å². The average molecular weight is 663 g/mol. The van der Waals surface area contributed by atoms with Crippen LogP contribution in [0.15, 0.2) is 85.2 Å². The highest BCUT2D eigenvalue weighted by atomic mass is 19.1. The number of likely N-dealkylation sites (tertiary alicyclic amines) is 1. The van der Waals surface area contributed by atoms with Gasteiger partial charge in [-0.3, -0.25) is 24.5 Å². The topological polar surface area (TPSA) is 110 Å². The Morgan fingerprint density at radius 3 is 2.47 bits per heavy atom. The van der Waals surface area contributed by atoms with Gasteiger partial charge in [-0.15, -0.1) is 0 Å². The Hall–Kier alpha value is -5.33. The number of nitrogens with one attached hydrogen (secondary N) is 2. The number of fused-ring (bicyclic) bond motifs is 1. The first kappa shape index (κ1) is 32.2. The molecule has 12 heteroatoms. The third kappa shape index (κ3) is 6.44. The fraction of sp³-hybridized carbons (Fsp3) is 0.270. The van der Waals surface area contributed by atoms with Crippen molar-refractivity contribution in [2.24, 2.45) is 0 Å². The molecule has 2 aliphatic heterocycles. The average Bonchev–Trinajstić information content (AvgIpc) is 3.74. The smallest absolute Gasteiger partial charge is 0.246 e. The number of nitrogens with zero attached hydrogens (tertiary/aromatic N) is 6. The number of anilines is 1. The lowest BCUT2D eigenvalue weighted by molar-refractivity contribution is -0.132. The number of aromatic nitrogens is 4. The number of amides is 2. The van der Waals surface area contributed by atoms with E-state index in [0.29, 0.717) is 67.4 Å². The van der Waals surface area contributed by atoms with Gasteiger partial charge in [0.15, 0.2) is 5.82 Å². The van der Waals surface area contributed by atoms with E-state index < -0.39 is 5.54 Å². The van der Waals surface area contributed by atoms with Crippen molar-refractivity contribution in [2.45, 2.75) is 18.4 Å². The Bertz CT molecular complexity index is 2050. The van der Waals surface area contributed by atoms with Gasteiger partial charge in [0, 0.05) is 66.3 Å². The van der Waals surface area contributed by atoms with Crippen LogP contribution in [0.25, 0.3) is 39.1 Å². The Morgan fingerprint density at radius 2 is 1.76 bits per heavy atom. The number of hydrogen-bond acceptors (Lipinski definition) is 7. The number of carbonyl (C=O) groups excluding carboxylic acids is 2. The molecule has 4 heterocycles. The Kier molecular flexibility index (Phi) is 8.74. The van der Waals surface area contributed by atoms with Crippen LogP contribution in [0.1, 0.15) is 18.4 Å². The SMILES string of the molecule is CN(C)C1(C(=O)Nc2ccc3[nH]nc(-c4ccc(F)cc4)c3c2)CCN(CC(=O)N2CC=C(c3ccc(-c4ncccn4)cc3F)CC2)C1. The van der Waals surface area contributed by atoms with Crippen LogP contribution < -0.4 is 5.32 Å². The molecular formula is C37H36F2N8O2. The van der Waals surface area contributed by atoms with Crippen molar-refractivity contribution in [2.75, 3.05) is 52.1 Å². The van der Waals surface area contributed by atoms with Gasteiger partial charge >= 0.3 is 0 Å². The van der Waals surface area contributed by atoms with Crippen molar-refractivity contribution in [3.63, 3.8) is 0 Å². The molecule has 1 saturated heterocycles. The molecule has 7 rings (SSSR count). The molecule has 2 N–H and O–H groups in total. The number of carbonyl (C=O) groups is 2. The lowest BCUT2D eigenvalue weighted by Gasteiger charge is -2.35. The fourth-order valence-corrected chi connectivity index (χ4v) is 6.72. The predicted molar refractivity (Wildman–Crippen MR) is 184 cm³/mol. The van der Waals surface area contributed by atoms with Crippen molar-refractivity contribution in [1.29, 1.82) is 0 Å². The van der Waals surface area contributed by atoms with Gasteiger partial charge in [0.05, 0.1) is 17.8 Å². The maximum Gasteiger partial charge on any atom is 0.246 e. The van der Waals surface area contributed by atoms with Crippen LogP contribution in [-0.4, -0.2) is 99.0 Å². The largest absolute Gasteiger partial charge is 0.338 e. The number of rotatable bonds is 8. The van der Waals surface area contributed by atoms with Crippen LogP contribution in [-0.2, 0) is 9.59 Å². The first-order chi connectivity index (χ1) is 23.7. The second-order valence-corrected chi connectivity index (χ2v) is 12.8. The summed E-state index contributed by atoms with van der Waals surface area (Å²) >= 11 is 0. The Morgan fingerprint density at radius 1 is 0.980 bits per heavy atom. The minimum atomic E-state index is -0.838. The molecule has 1 unspecified atom stereocenters. The molecule has 5 aromatic rings. The van der Waals surface area contributed by atoms with Crippen molar-refractivity contribution >= 4 is 34.0 Å². The van der Waals surface area contributed by atoms with Crippen LogP contribution in [0.4, 0.5) is 14.5 Å². The number of halogens is 2. The van der Waals surface area contributed by atoms with E-state index in [1.165, 1.54) is 18.2 Å². The second kappa shape index (κ2) is 13.3. The van der Waals surface area contributed by atoms with Gasteiger partial charge in [-0.2, -0.15) is 5.10 Å². The summed E-state index contributed by atoms with van der Waals surface area (Å²) in [7, 11) is 3.76. The highest BCUT2D eigenvalue weighted by Gasteiger charge is 2.47. The van der Waals surface area contributed by atoms with E-state index in [1.807, 2.05) is 54.2 Å². The monoisotopic (exact) mass is 662 g/mol. The summed E-state index contributed by atoms with van der Waals surface area (Å²) in [4.78, 5) is 41.4. The van der Waals surface area contributed by atoms with E-state index in [0.717, 1.165) is 22.0 Å². The molecule has 2 aliphatic rings. The molecule has 49 heavy (non-hydrogen) atoms. The third-order valence-corrected chi connectivity index (χ3v) is 9.60. The maximum absolute atomic E-state index is 15.1. The standard InChI is InChI=1S/C37H36F2N8O2/c1-45(2)37(36(49)42-28-9-11-32-30(21-28)34(44-43-32)25-4-7-27(38)8-5-25)14-19-46(23-37)22-33(48)47-17-12-24(13-18-47)29-10-6-26(20-31(29)39)35-40-15-3-16-41-35/h3-12,15-16,20-21H,13-14,17-19,22-23H2,1-2H3,(H,42,49)(H,43,44). The predicted octanol–water partition coefficient (Wildman–Crippen LogP) is 5.23. The van der Waals surface area contributed by atoms with Gasteiger partial charge in [0.25, 0.3) is 0 Å². The van der Waals surface area contributed by atoms with Gasteiger partial charge < -0.3 is 10.2 Å². The highest BCUT2D eigenvalue weighted by molar-refractivity contribution is 6.02. The van der Waals surface area contributed by atoms with Crippen molar-refractivity contribution < 1.29 is 18.4 Å². The van der Waals surface area contributed by atoms with Crippen molar-refractivity contribution in [3.8, 4) is 22.6 Å². The summed E-state index contributed by atoms with van der Waals surface area (Å²) in [6, 6.07) is 18.4. The summed E-state index contributed by atoms with van der Waals surface area (Å²) in [5, 5.41) is 11.3. The minimum Gasteiger partial charge on any atom is -0.338 e. The van der Waals surface area contributed by atoms with Crippen LogP contribution in [0.5, 0.6) is 0 Å². The quantitative estimate of drug-likeness (QED) is 0.234. The number of H-pyrrole nitrogens is 1. The first-order valence-corrected chi connectivity index (χ1v) is 16.2. The van der Waals surface area contributed by atoms with Crippen molar-refractivity contribution in [1.82, 2.24) is 34.9 Å². The second-order valence-electron chi connectivity index (χ2n) is 12.8. The molecule has 2 aromatic heterocycles. The Labute approximate surface area is 282 Å². The number of benzene rings is 3. The van der Waals surface area contributed by atoms with E-state index in [1.54, 1.807) is 41.6 Å². The summed E-state index contributed by atoms with van der Waals surface area (Å²) in [5.41, 5.74) is 4.00. The van der Waals surface area contributed by atoms with Crippen LogP contribution in [0, 0.1) is 11.6 Å². The lowest BCUT2D eigenvalue weighted by atomic mass is 9.95. The normalized spacial score (nSPS) is 18.2. The summed E-state index contributed by atoms with van der Waals surface area (Å²) in [6.07, 6.45) is 6.26. The zero-order chi connectivity index (χ0) is 34.1. The molecule has 0 spiro atoms. The number of hydrogen-bond donors (Lipinski definition) is 2. The molecule has 3 aromatic carbocycles. The first-order valence-electron chi connectivity index (χ1n) is 16.2. The molecule has 250 valence electrons. The van der Waals surface area contributed by atoms with Crippen LogP contribution in [0.3, 0.4) is 0 Å². The summed E-state index contributed by atoms with van der Waals surface area (Å²) < 4.78 is 28.6. The molecule has 1 fully saturated rings. The maximum atomic E-state index is 15.1.